The first-order valence-corrected chi connectivity index (χ1v) is 3.98. The summed E-state index contributed by atoms with van der Waals surface area (Å²) in [6, 6.07) is 2.26. The molecule has 0 fully saturated rings. The highest BCUT2D eigenvalue weighted by Crippen LogP contribution is 2.30. The van der Waals surface area contributed by atoms with Gasteiger partial charge < -0.3 is 0 Å². The van der Waals surface area contributed by atoms with E-state index in [1.807, 2.05) is 0 Å². The fourth-order valence-electron chi connectivity index (χ4n) is 0.709. The van der Waals surface area contributed by atoms with Crippen molar-refractivity contribution < 1.29 is 9.31 Å². The normalized spacial score (nSPS) is 9.92. The highest BCUT2D eigenvalue weighted by molar-refractivity contribution is 9.10. The van der Waals surface area contributed by atoms with E-state index in [-0.39, 0.29) is 5.02 Å². The van der Waals surface area contributed by atoms with Crippen molar-refractivity contribution >= 4 is 33.2 Å². The second-order valence-corrected chi connectivity index (χ2v) is 3.30. The first-order chi connectivity index (χ1) is 5.52. The van der Waals surface area contributed by atoms with Gasteiger partial charge in [0, 0.05) is 4.47 Å². The summed E-state index contributed by atoms with van der Waals surface area (Å²) >= 11 is 8.37. The molecule has 0 unspecified atom stereocenters. The van der Waals surface area contributed by atoms with Crippen molar-refractivity contribution in [2.45, 2.75) is 0 Å². The van der Waals surface area contributed by atoms with Crippen LogP contribution >= 0.6 is 27.5 Å². The molecule has 64 valence electrons. The van der Waals surface area contributed by atoms with E-state index >= 15 is 0 Å². The Morgan fingerprint density at radius 3 is 2.58 bits per heavy atom. The highest BCUT2D eigenvalue weighted by Gasteiger charge is 2.19. The Hall–Kier alpha value is -0.680. The van der Waals surface area contributed by atoms with Gasteiger partial charge in [-0.25, -0.2) is 0 Å². The Labute approximate surface area is 80.4 Å². The lowest BCUT2D eigenvalue weighted by Crippen LogP contribution is -1.93. The Morgan fingerprint density at radius 1 is 1.58 bits per heavy atom. The molecule has 0 saturated heterocycles. The van der Waals surface area contributed by atoms with E-state index in [9.17, 15) is 14.5 Å². The molecule has 0 N–H and O–H groups in total. The zero-order valence-corrected chi connectivity index (χ0v) is 7.89. The second-order valence-electron chi connectivity index (χ2n) is 1.98. The molecule has 0 radical (unpaired) electrons. The number of halogens is 3. The van der Waals surface area contributed by atoms with Gasteiger partial charge in [-0.1, -0.05) is 27.5 Å². The van der Waals surface area contributed by atoms with Gasteiger partial charge in [0.15, 0.2) is 0 Å². The highest BCUT2D eigenvalue weighted by atomic mass is 79.9. The van der Waals surface area contributed by atoms with E-state index in [1.54, 1.807) is 0 Å². The van der Waals surface area contributed by atoms with Crippen LogP contribution in [0, 0.1) is 15.9 Å². The Morgan fingerprint density at radius 2 is 2.17 bits per heavy atom. The quantitative estimate of drug-likeness (QED) is 0.571. The van der Waals surface area contributed by atoms with Crippen LogP contribution in [0.15, 0.2) is 16.6 Å². The third-order valence-electron chi connectivity index (χ3n) is 1.16. The van der Waals surface area contributed by atoms with Crippen LogP contribution in [0.3, 0.4) is 0 Å². The van der Waals surface area contributed by atoms with E-state index in [4.69, 9.17) is 11.6 Å². The fraction of sp³-hybridized carbons (Fsp3) is 0. The summed E-state index contributed by atoms with van der Waals surface area (Å²) in [7, 11) is 0. The number of benzene rings is 1. The van der Waals surface area contributed by atoms with Crippen LogP contribution in [0.25, 0.3) is 0 Å². The van der Waals surface area contributed by atoms with Gasteiger partial charge in [0.2, 0.25) is 5.82 Å². The molecule has 1 rings (SSSR count). The van der Waals surface area contributed by atoms with E-state index < -0.39 is 16.4 Å². The van der Waals surface area contributed by atoms with Crippen LogP contribution in [-0.4, -0.2) is 4.92 Å². The Balaban J connectivity index is 3.38. The van der Waals surface area contributed by atoms with Crippen molar-refractivity contribution in [1.29, 1.82) is 0 Å². The third kappa shape index (κ3) is 1.73. The molecule has 0 aliphatic heterocycles. The zero-order valence-electron chi connectivity index (χ0n) is 5.55. The molecule has 0 amide bonds. The summed E-state index contributed by atoms with van der Waals surface area (Å²) < 4.78 is 13.2. The second kappa shape index (κ2) is 3.37. The standard InChI is InChI=1S/C6H2BrClFNO2/c7-3-1-4(8)6(10(11)12)5(9)2-3/h1-2H. The maximum absolute atomic E-state index is 12.8. The van der Waals surface area contributed by atoms with Crippen molar-refractivity contribution in [2.24, 2.45) is 0 Å². The van der Waals surface area contributed by atoms with Gasteiger partial charge in [-0.15, -0.1) is 0 Å². The molecule has 0 atom stereocenters. The maximum atomic E-state index is 12.8. The molecule has 0 aliphatic rings. The summed E-state index contributed by atoms with van der Waals surface area (Å²) in [5, 5.41) is 10.0. The predicted octanol–water partition coefficient (Wildman–Crippen LogP) is 3.15. The number of hydrogen-bond donors (Lipinski definition) is 0. The van der Waals surface area contributed by atoms with Crippen molar-refractivity contribution in [1.82, 2.24) is 0 Å². The molecule has 3 nitrogen and oxygen atoms in total. The summed E-state index contributed by atoms with van der Waals surface area (Å²) in [5.74, 6) is -0.945. The van der Waals surface area contributed by atoms with Gasteiger partial charge in [-0.05, 0) is 12.1 Å². The SMILES string of the molecule is O=[N+]([O-])c1c(F)cc(Br)cc1Cl. The smallest absolute Gasteiger partial charge is 0.258 e. The average Bonchev–Trinajstić information content (AvgIpc) is 1.82. The largest absolute Gasteiger partial charge is 0.323 e. The van der Waals surface area contributed by atoms with Gasteiger partial charge >= 0.3 is 5.69 Å². The molecule has 0 aromatic heterocycles. The van der Waals surface area contributed by atoms with Crippen molar-refractivity contribution in [2.75, 3.05) is 0 Å². The molecule has 0 saturated carbocycles. The molecule has 1 aromatic rings. The van der Waals surface area contributed by atoms with Gasteiger partial charge in [0.05, 0.1) is 4.92 Å². The van der Waals surface area contributed by atoms with Crippen LogP contribution in [-0.2, 0) is 0 Å². The van der Waals surface area contributed by atoms with E-state index in [2.05, 4.69) is 15.9 Å². The van der Waals surface area contributed by atoms with Crippen LogP contribution in [0.5, 0.6) is 0 Å². The monoisotopic (exact) mass is 253 g/mol. The predicted molar refractivity (Wildman–Crippen MR) is 45.8 cm³/mol. The lowest BCUT2D eigenvalue weighted by molar-refractivity contribution is -0.387. The van der Waals surface area contributed by atoms with Gasteiger partial charge in [0.1, 0.15) is 5.02 Å². The van der Waals surface area contributed by atoms with Crippen LogP contribution in [0.4, 0.5) is 10.1 Å². The van der Waals surface area contributed by atoms with Crippen molar-refractivity contribution in [3.8, 4) is 0 Å². The molecule has 0 heterocycles. The first kappa shape index (κ1) is 9.41. The maximum Gasteiger partial charge on any atom is 0.323 e. The number of nitro benzene ring substituents is 1. The Kier molecular flexibility index (Phi) is 2.64. The fourth-order valence-corrected chi connectivity index (χ4v) is 1.55. The number of rotatable bonds is 1. The minimum Gasteiger partial charge on any atom is -0.258 e. The lowest BCUT2D eigenvalue weighted by Gasteiger charge is -1.96. The topological polar surface area (TPSA) is 43.1 Å². The van der Waals surface area contributed by atoms with Crippen molar-refractivity contribution in [3.63, 3.8) is 0 Å². The third-order valence-corrected chi connectivity index (χ3v) is 1.91. The molecular formula is C6H2BrClFNO2. The van der Waals surface area contributed by atoms with Crippen LogP contribution in [0.2, 0.25) is 5.02 Å². The summed E-state index contributed by atoms with van der Waals surface area (Å²) in [6.45, 7) is 0. The number of nitrogens with zero attached hydrogens (tertiary/aromatic N) is 1. The molecule has 0 aliphatic carbocycles. The molecule has 0 spiro atoms. The number of nitro groups is 1. The van der Waals surface area contributed by atoms with E-state index in [1.165, 1.54) is 6.07 Å². The minimum absolute atomic E-state index is 0.216. The van der Waals surface area contributed by atoms with Crippen molar-refractivity contribution in [3.05, 3.63) is 37.6 Å². The average molecular weight is 254 g/mol. The van der Waals surface area contributed by atoms with Gasteiger partial charge in [0.25, 0.3) is 0 Å². The zero-order chi connectivity index (χ0) is 9.30. The van der Waals surface area contributed by atoms with E-state index in [0.29, 0.717) is 4.47 Å². The molecule has 6 heteroatoms. The summed E-state index contributed by atoms with van der Waals surface area (Å²) in [5.41, 5.74) is -0.695. The molecular weight excluding hydrogens is 252 g/mol. The van der Waals surface area contributed by atoms with Crippen LogP contribution < -0.4 is 0 Å². The molecule has 1 aromatic carbocycles. The number of hydrogen-bond acceptors (Lipinski definition) is 2. The van der Waals surface area contributed by atoms with Gasteiger partial charge in [-0.3, -0.25) is 10.1 Å². The first-order valence-electron chi connectivity index (χ1n) is 2.81. The summed E-state index contributed by atoms with van der Waals surface area (Å²) in [6.07, 6.45) is 0. The summed E-state index contributed by atoms with van der Waals surface area (Å²) in [4.78, 5) is 9.36. The van der Waals surface area contributed by atoms with Crippen LogP contribution in [0.1, 0.15) is 0 Å². The van der Waals surface area contributed by atoms with E-state index in [0.717, 1.165) is 6.07 Å². The molecule has 12 heavy (non-hydrogen) atoms. The lowest BCUT2D eigenvalue weighted by atomic mass is 10.3. The van der Waals surface area contributed by atoms with Gasteiger partial charge in [-0.2, -0.15) is 4.39 Å². The molecule has 0 bridgehead atoms. The minimum atomic E-state index is -0.945. The Bertz CT molecular complexity index is 321.